The van der Waals surface area contributed by atoms with Gasteiger partial charge in [-0.2, -0.15) is 4.31 Å². The van der Waals surface area contributed by atoms with E-state index in [1.807, 2.05) is 4.98 Å². The zero-order valence-corrected chi connectivity index (χ0v) is 18.3. The van der Waals surface area contributed by atoms with Crippen LogP contribution in [0, 0.1) is 12.8 Å². The molecule has 9 nitrogen and oxygen atoms in total. The van der Waals surface area contributed by atoms with Gasteiger partial charge in [0.05, 0.1) is 5.92 Å². The van der Waals surface area contributed by atoms with E-state index in [9.17, 15) is 22.8 Å². The Morgan fingerprint density at radius 1 is 1.27 bits per heavy atom. The number of H-pyrrole nitrogens is 2. The van der Waals surface area contributed by atoms with Crippen molar-refractivity contribution in [1.82, 2.24) is 19.6 Å². The molecule has 0 spiro atoms. The minimum atomic E-state index is -4.18. The molecule has 0 aliphatic carbocycles. The number of aryl methyl sites for hydroxylation is 1. The topological polar surface area (TPSA) is 132 Å². The summed E-state index contributed by atoms with van der Waals surface area (Å²) in [5.74, 6) is -0.894. The average molecular weight is 475 g/mol. The highest BCUT2D eigenvalue weighted by Crippen LogP contribution is 2.24. The number of nitrogens with zero attached hydrogens (tertiary/aromatic N) is 1. The van der Waals surface area contributed by atoms with Crippen molar-refractivity contribution in [2.24, 2.45) is 5.92 Å². The number of halogens is 2. The molecule has 1 atom stereocenters. The van der Waals surface area contributed by atoms with Crippen LogP contribution in [0.1, 0.15) is 24.1 Å². The Morgan fingerprint density at radius 2 is 2.00 bits per heavy atom. The molecule has 162 valence electrons. The highest BCUT2D eigenvalue weighted by atomic mass is 35.5. The number of hydrogen-bond acceptors (Lipinski definition) is 5. The zero-order valence-electron chi connectivity index (χ0n) is 16.0. The van der Waals surface area contributed by atoms with Gasteiger partial charge in [-0.05, 0) is 37.5 Å². The van der Waals surface area contributed by atoms with Crippen LogP contribution < -0.4 is 16.6 Å². The second kappa shape index (κ2) is 8.93. The molecule has 30 heavy (non-hydrogen) atoms. The quantitative estimate of drug-likeness (QED) is 0.602. The normalized spacial score (nSPS) is 17.6. The highest BCUT2D eigenvalue weighted by molar-refractivity contribution is 7.89. The van der Waals surface area contributed by atoms with Gasteiger partial charge in [-0.1, -0.05) is 29.3 Å². The molecular formula is C18H20Cl2N4O5S. The number of nitrogens with one attached hydrogen (secondary N) is 3. The van der Waals surface area contributed by atoms with Crippen LogP contribution in [0.4, 0.5) is 0 Å². The van der Waals surface area contributed by atoms with Gasteiger partial charge in [0.1, 0.15) is 0 Å². The van der Waals surface area contributed by atoms with Crippen molar-refractivity contribution in [2.45, 2.75) is 31.2 Å². The number of hydrogen-bond donors (Lipinski definition) is 3. The fourth-order valence-electron chi connectivity index (χ4n) is 3.39. The Morgan fingerprint density at radius 3 is 2.67 bits per heavy atom. The standard InChI is InChI=1S/C18H20Cl2N4O5S/c1-10-15(17(26)23-18(27)22-10)30(28,29)24-6-2-3-12(9-24)16(25)21-8-11-4-5-13(19)7-14(11)20/h4-5,7,12H,2-3,6,8-9H2,1H3,(H,21,25)(H2,22,23,26,27). The number of carbonyl (C=O) groups is 1. The summed E-state index contributed by atoms with van der Waals surface area (Å²) >= 11 is 12.0. The first-order valence-corrected chi connectivity index (χ1v) is 11.3. The molecule has 1 aliphatic rings. The van der Waals surface area contributed by atoms with E-state index in [1.165, 1.54) is 6.92 Å². The third-order valence-electron chi connectivity index (χ3n) is 4.90. The second-order valence-electron chi connectivity index (χ2n) is 7.02. The Balaban J connectivity index is 1.74. The van der Waals surface area contributed by atoms with E-state index in [1.54, 1.807) is 18.2 Å². The van der Waals surface area contributed by atoms with Crippen LogP contribution in [0.3, 0.4) is 0 Å². The van der Waals surface area contributed by atoms with E-state index in [-0.39, 0.29) is 31.2 Å². The Labute approximate surface area is 182 Å². The molecule has 1 aromatic heterocycles. The summed E-state index contributed by atoms with van der Waals surface area (Å²) in [5, 5.41) is 3.67. The van der Waals surface area contributed by atoms with Gasteiger partial charge >= 0.3 is 5.69 Å². The smallest absolute Gasteiger partial charge is 0.325 e. The summed E-state index contributed by atoms with van der Waals surface area (Å²) in [4.78, 5) is 39.8. The van der Waals surface area contributed by atoms with Crippen molar-refractivity contribution >= 4 is 39.1 Å². The predicted octanol–water partition coefficient (Wildman–Crippen LogP) is 1.40. The minimum absolute atomic E-state index is 0.0484. The number of piperidine rings is 1. The van der Waals surface area contributed by atoms with E-state index >= 15 is 0 Å². The molecule has 1 fully saturated rings. The lowest BCUT2D eigenvalue weighted by Gasteiger charge is -2.31. The van der Waals surface area contributed by atoms with E-state index in [0.717, 1.165) is 4.31 Å². The molecule has 1 unspecified atom stereocenters. The van der Waals surface area contributed by atoms with Gasteiger partial charge in [-0.3, -0.25) is 14.6 Å². The van der Waals surface area contributed by atoms with Crippen molar-refractivity contribution in [1.29, 1.82) is 0 Å². The van der Waals surface area contributed by atoms with Gasteiger partial charge in [0, 0.05) is 35.4 Å². The van der Waals surface area contributed by atoms with Crippen molar-refractivity contribution in [3.05, 3.63) is 60.3 Å². The van der Waals surface area contributed by atoms with Crippen molar-refractivity contribution in [3.63, 3.8) is 0 Å². The molecule has 2 aromatic rings. The van der Waals surface area contributed by atoms with Crippen LogP contribution in [-0.4, -0.2) is 41.7 Å². The molecular weight excluding hydrogens is 455 g/mol. The number of benzene rings is 1. The van der Waals surface area contributed by atoms with Crippen molar-refractivity contribution < 1.29 is 13.2 Å². The summed E-state index contributed by atoms with van der Waals surface area (Å²) in [6.07, 6.45) is 0.965. The lowest BCUT2D eigenvalue weighted by Crippen LogP contribution is -2.47. The average Bonchev–Trinajstić information content (AvgIpc) is 2.66. The van der Waals surface area contributed by atoms with Gasteiger partial charge in [0.15, 0.2) is 4.90 Å². The van der Waals surface area contributed by atoms with E-state index in [2.05, 4.69) is 10.3 Å². The third kappa shape index (κ3) is 4.77. The van der Waals surface area contributed by atoms with Gasteiger partial charge in [0.2, 0.25) is 15.9 Å². The van der Waals surface area contributed by atoms with E-state index in [0.29, 0.717) is 28.5 Å². The van der Waals surface area contributed by atoms with Crippen molar-refractivity contribution in [2.75, 3.05) is 13.1 Å². The molecule has 1 saturated heterocycles. The molecule has 3 rings (SSSR count). The summed E-state index contributed by atoms with van der Waals surface area (Å²) < 4.78 is 27.1. The number of aromatic nitrogens is 2. The van der Waals surface area contributed by atoms with E-state index < -0.39 is 32.1 Å². The first-order valence-electron chi connectivity index (χ1n) is 9.14. The largest absolute Gasteiger partial charge is 0.352 e. The first-order chi connectivity index (χ1) is 14.1. The molecule has 2 heterocycles. The summed E-state index contributed by atoms with van der Waals surface area (Å²) in [5.41, 5.74) is -1.13. The maximum atomic E-state index is 13.0. The number of amides is 1. The van der Waals surface area contributed by atoms with Crippen molar-refractivity contribution in [3.8, 4) is 0 Å². The first kappa shape index (κ1) is 22.5. The molecule has 12 heteroatoms. The Bertz CT molecular complexity index is 1190. The third-order valence-corrected chi connectivity index (χ3v) is 7.50. The summed E-state index contributed by atoms with van der Waals surface area (Å²) in [7, 11) is -4.18. The zero-order chi connectivity index (χ0) is 22.1. The molecule has 1 aliphatic heterocycles. The highest BCUT2D eigenvalue weighted by Gasteiger charge is 2.35. The number of carbonyl (C=O) groups excluding carboxylic acids is 1. The Kier molecular flexibility index (Phi) is 6.71. The maximum Gasteiger partial charge on any atom is 0.325 e. The monoisotopic (exact) mass is 474 g/mol. The van der Waals surface area contributed by atoms with Crippen LogP contribution in [0.2, 0.25) is 10.0 Å². The molecule has 0 radical (unpaired) electrons. The number of sulfonamides is 1. The summed E-state index contributed by atoms with van der Waals surface area (Å²) in [6, 6.07) is 4.94. The van der Waals surface area contributed by atoms with Crippen LogP contribution in [0.25, 0.3) is 0 Å². The fourth-order valence-corrected chi connectivity index (χ4v) is 5.60. The number of rotatable bonds is 5. The number of aromatic amines is 2. The van der Waals surface area contributed by atoms with Gasteiger partial charge in [0.25, 0.3) is 5.56 Å². The molecule has 3 N–H and O–H groups in total. The van der Waals surface area contributed by atoms with Crippen LogP contribution in [-0.2, 0) is 21.4 Å². The van der Waals surface area contributed by atoms with E-state index in [4.69, 9.17) is 23.2 Å². The molecule has 1 amide bonds. The SMILES string of the molecule is Cc1[nH]c(=O)[nH]c(=O)c1S(=O)(=O)N1CCCC(C(=O)NCc2ccc(Cl)cc2Cl)C1. The maximum absolute atomic E-state index is 13.0. The van der Waals surface area contributed by atoms with Crippen LogP contribution in [0.5, 0.6) is 0 Å². The Hall–Kier alpha value is -2.14. The van der Waals surface area contributed by atoms with Gasteiger partial charge in [-0.15, -0.1) is 0 Å². The fraction of sp³-hybridized carbons (Fsp3) is 0.389. The minimum Gasteiger partial charge on any atom is -0.352 e. The second-order valence-corrected chi connectivity index (χ2v) is 9.74. The summed E-state index contributed by atoms with van der Waals surface area (Å²) in [6.45, 7) is 1.62. The predicted molar refractivity (Wildman–Crippen MR) is 112 cm³/mol. The molecule has 1 aromatic carbocycles. The molecule has 0 saturated carbocycles. The lowest BCUT2D eigenvalue weighted by molar-refractivity contribution is -0.126. The lowest BCUT2D eigenvalue weighted by atomic mass is 9.99. The van der Waals surface area contributed by atoms with Gasteiger partial charge < -0.3 is 10.3 Å². The van der Waals surface area contributed by atoms with Crippen LogP contribution in [0.15, 0.2) is 32.7 Å². The van der Waals surface area contributed by atoms with Gasteiger partial charge in [-0.25, -0.2) is 13.2 Å². The van der Waals surface area contributed by atoms with Crippen LogP contribution >= 0.6 is 23.2 Å². The molecule has 0 bridgehead atoms.